The monoisotopic (exact) mass is 252 g/mol. The summed E-state index contributed by atoms with van der Waals surface area (Å²) < 4.78 is 0. The fourth-order valence-electron chi connectivity index (χ4n) is 4.35. The number of nitrogens with zero attached hydrogens (tertiary/aromatic N) is 1. The SMILES string of the molecule is CCCC(C)C(N)C1(N2CCCCC2)CCCC1. The van der Waals surface area contributed by atoms with Crippen LogP contribution in [0.25, 0.3) is 0 Å². The van der Waals surface area contributed by atoms with Crippen LogP contribution in [0, 0.1) is 5.92 Å². The maximum absolute atomic E-state index is 6.73. The van der Waals surface area contributed by atoms with Crippen molar-refractivity contribution in [3.63, 3.8) is 0 Å². The largest absolute Gasteiger partial charge is 0.326 e. The molecule has 0 aromatic heterocycles. The molecule has 2 unspecified atom stereocenters. The van der Waals surface area contributed by atoms with Gasteiger partial charge in [0, 0.05) is 11.6 Å². The molecule has 0 bridgehead atoms. The Balaban J connectivity index is 2.09. The highest BCUT2D eigenvalue weighted by molar-refractivity contribution is 5.04. The molecule has 1 saturated heterocycles. The molecule has 0 amide bonds. The molecule has 0 radical (unpaired) electrons. The topological polar surface area (TPSA) is 29.3 Å². The Labute approximate surface area is 113 Å². The Hall–Kier alpha value is -0.0800. The minimum Gasteiger partial charge on any atom is -0.326 e. The van der Waals surface area contributed by atoms with Crippen LogP contribution in [0.3, 0.4) is 0 Å². The molecule has 2 N–H and O–H groups in total. The third-order valence-electron chi connectivity index (χ3n) is 5.43. The van der Waals surface area contributed by atoms with E-state index in [0.717, 1.165) is 0 Å². The zero-order valence-electron chi connectivity index (χ0n) is 12.5. The lowest BCUT2D eigenvalue weighted by Crippen LogP contribution is -2.61. The molecule has 2 fully saturated rings. The van der Waals surface area contributed by atoms with Gasteiger partial charge in [0.2, 0.25) is 0 Å². The first-order chi connectivity index (χ1) is 8.70. The van der Waals surface area contributed by atoms with Gasteiger partial charge in [-0.2, -0.15) is 0 Å². The first-order valence-electron chi connectivity index (χ1n) is 8.21. The summed E-state index contributed by atoms with van der Waals surface area (Å²) in [5, 5.41) is 0. The van der Waals surface area contributed by atoms with Gasteiger partial charge in [0.15, 0.2) is 0 Å². The van der Waals surface area contributed by atoms with Crippen LogP contribution in [-0.4, -0.2) is 29.6 Å². The summed E-state index contributed by atoms with van der Waals surface area (Å²) in [5.74, 6) is 0.676. The molecular weight excluding hydrogens is 220 g/mol. The minimum absolute atomic E-state index is 0.356. The normalized spacial score (nSPS) is 28.2. The lowest BCUT2D eigenvalue weighted by Gasteiger charge is -2.49. The molecule has 1 saturated carbocycles. The fraction of sp³-hybridized carbons (Fsp3) is 1.00. The van der Waals surface area contributed by atoms with Crippen LogP contribution in [0.4, 0.5) is 0 Å². The number of hydrogen-bond donors (Lipinski definition) is 1. The molecule has 2 heteroatoms. The minimum atomic E-state index is 0.356. The second kappa shape index (κ2) is 6.38. The summed E-state index contributed by atoms with van der Waals surface area (Å²) in [6, 6.07) is 0.387. The highest BCUT2D eigenvalue weighted by Gasteiger charge is 2.45. The molecule has 0 aromatic rings. The van der Waals surface area contributed by atoms with Gasteiger partial charge in [-0.3, -0.25) is 4.90 Å². The summed E-state index contributed by atoms with van der Waals surface area (Å²) in [6.45, 7) is 7.25. The molecule has 2 atom stereocenters. The Morgan fingerprint density at radius 3 is 2.22 bits per heavy atom. The maximum Gasteiger partial charge on any atom is 0.0363 e. The van der Waals surface area contributed by atoms with E-state index in [1.165, 1.54) is 70.9 Å². The van der Waals surface area contributed by atoms with Crippen molar-refractivity contribution < 1.29 is 0 Å². The van der Waals surface area contributed by atoms with Crippen molar-refractivity contribution >= 4 is 0 Å². The molecule has 18 heavy (non-hydrogen) atoms. The molecule has 1 aliphatic heterocycles. The van der Waals surface area contributed by atoms with E-state index in [4.69, 9.17) is 5.73 Å². The molecule has 106 valence electrons. The maximum atomic E-state index is 6.73. The average Bonchev–Trinajstić information content (AvgIpc) is 2.90. The molecule has 2 aliphatic rings. The quantitative estimate of drug-likeness (QED) is 0.811. The van der Waals surface area contributed by atoms with E-state index in [9.17, 15) is 0 Å². The van der Waals surface area contributed by atoms with Gasteiger partial charge in [-0.1, -0.05) is 39.5 Å². The number of likely N-dealkylation sites (tertiary alicyclic amines) is 1. The highest BCUT2D eigenvalue weighted by Crippen LogP contribution is 2.41. The summed E-state index contributed by atoms with van der Waals surface area (Å²) in [5.41, 5.74) is 7.09. The predicted octanol–water partition coefficient (Wildman–Crippen LogP) is 3.55. The van der Waals surface area contributed by atoms with Gasteiger partial charge in [-0.15, -0.1) is 0 Å². The molecule has 2 nitrogen and oxygen atoms in total. The van der Waals surface area contributed by atoms with Crippen molar-refractivity contribution in [3.05, 3.63) is 0 Å². The zero-order valence-corrected chi connectivity index (χ0v) is 12.5. The Bertz CT molecular complexity index is 239. The summed E-state index contributed by atoms with van der Waals surface area (Å²) >= 11 is 0. The molecule has 1 heterocycles. The summed E-state index contributed by atoms with van der Waals surface area (Å²) in [6.07, 6.45) is 12.2. The second-order valence-corrected chi connectivity index (χ2v) is 6.65. The van der Waals surface area contributed by atoms with E-state index in [0.29, 0.717) is 17.5 Å². The van der Waals surface area contributed by atoms with E-state index in [1.54, 1.807) is 0 Å². The van der Waals surface area contributed by atoms with Crippen LogP contribution in [-0.2, 0) is 0 Å². The lowest BCUT2D eigenvalue weighted by molar-refractivity contribution is 0.0315. The summed E-state index contributed by atoms with van der Waals surface area (Å²) in [7, 11) is 0. The predicted molar refractivity (Wildman–Crippen MR) is 78.7 cm³/mol. The van der Waals surface area contributed by atoms with E-state index in [1.807, 2.05) is 0 Å². The highest BCUT2D eigenvalue weighted by atomic mass is 15.2. The van der Waals surface area contributed by atoms with Gasteiger partial charge in [0.25, 0.3) is 0 Å². The van der Waals surface area contributed by atoms with Crippen molar-refractivity contribution in [3.8, 4) is 0 Å². The van der Waals surface area contributed by atoms with E-state index < -0.39 is 0 Å². The van der Waals surface area contributed by atoms with Gasteiger partial charge in [0.05, 0.1) is 0 Å². The van der Waals surface area contributed by atoms with Crippen LogP contribution >= 0.6 is 0 Å². The van der Waals surface area contributed by atoms with Crippen LogP contribution in [0.1, 0.15) is 71.6 Å². The number of rotatable bonds is 5. The standard InChI is InChI=1S/C16H32N2/c1-3-9-14(2)15(17)16(10-5-6-11-16)18-12-7-4-8-13-18/h14-15H,3-13,17H2,1-2H3. The third-order valence-corrected chi connectivity index (χ3v) is 5.43. The van der Waals surface area contributed by atoms with Crippen molar-refractivity contribution in [1.82, 2.24) is 4.90 Å². The Morgan fingerprint density at radius 1 is 1.06 bits per heavy atom. The van der Waals surface area contributed by atoms with E-state index in [-0.39, 0.29) is 0 Å². The lowest BCUT2D eigenvalue weighted by atomic mass is 9.77. The van der Waals surface area contributed by atoms with Gasteiger partial charge < -0.3 is 5.73 Å². The van der Waals surface area contributed by atoms with Gasteiger partial charge in [-0.05, 0) is 51.1 Å². The van der Waals surface area contributed by atoms with E-state index in [2.05, 4.69) is 18.7 Å². The average molecular weight is 252 g/mol. The van der Waals surface area contributed by atoms with Crippen molar-refractivity contribution in [2.45, 2.75) is 83.2 Å². The van der Waals surface area contributed by atoms with Gasteiger partial charge in [-0.25, -0.2) is 0 Å². The third kappa shape index (κ3) is 2.75. The first kappa shape index (κ1) is 14.3. The molecule has 0 spiro atoms. The molecule has 0 aromatic carbocycles. The Morgan fingerprint density at radius 2 is 1.67 bits per heavy atom. The van der Waals surface area contributed by atoms with Gasteiger partial charge >= 0.3 is 0 Å². The van der Waals surface area contributed by atoms with E-state index >= 15 is 0 Å². The Kier molecular flexibility index (Phi) is 5.08. The number of hydrogen-bond acceptors (Lipinski definition) is 2. The second-order valence-electron chi connectivity index (χ2n) is 6.65. The zero-order chi connectivity index (χ0) is 13.0. The molecular formula is C16H32N2. The summed E-state index contributed by atoms with van der Waals surface area (Å²) in [4.78, 5) is 2.78. The smallest absolute Gasteiger partial charge is 0.0363 e. The van der Waals surface area contributed by atoms with Crippen molar-refractivity contribution in [2.75, 3.05) is 13.1 Å². The molecule has 1 aliphatic carbocycles. The fourth-order valence-corrected chi connectivity index (χ4v) is 4.35. The van der Waals surface area contributed by atoms with Crippen molar-refractivity contribution in [1.29, 1.82) is 0 Å². The number of nitrogens with two attached hydrogens (primary N) is 1. The van der Waals surface area contributed by atoms with Crippen LogP contribution in [0.2, 0.25) is 0 Å². The van der Waals surface area contributed by atoms with Crippen molar-refractivity contribution in [2.24, 2.45) is 11.7 Å². The first-order valence-corrected chi connectivity index (χ1v) is 8.21. The van der Waals surface area contributed by atoms with Crippen LogP contribution in [0.15, 0.2) is 0 Å². The number of piperidine rings is 1. The van der Waals surface area contributed by atoms with Crippen LogP contribution < -0.4 is 5.73 Å². The van der Waals surface area contributed by atoms with Gasteiger partial charge in [0.1, 0.15) is 0 Å². The molecule has 2 rings (SSSR count). The van der Waals surface area contributed by atoms with Crippen LogP contribution in [0.5, 0.6) is 0 Å².